The van der Waals surface area contributed by atoms with Gasteiger partial charge < -0.3 is 9.84 Å². The fourth-order valence-corrected chi connectivity index (χ4v) is 2.97. The third-order valence-corrected chi connectivity index (χ3v) is 4.54. The van der Waals surface area contributed by atoms with Crippen molar-refractivity contribution in [1.82, 2.24) is 10.5 Å². The van der Waals surface area contributed by atoms with Crippen LogP contribution in [0.25, 0.3) is 10.9 Å². The molecule has 3 rings (SSSR count). The Balaban J connectivity index is 1.72. The monoisotopic (exact) mass is 366 g/mol. The Morgan fingerprint density at radius 2 is 1.89 bits per heavy atom. The summed E-state index contributed by atoms with van der Waals surface area (Å²) < 4.78 is 5.89. The average molecular weight is 366 g/mol. The van der Waals surface area contributed by atoms with Gasteiger partial charge in [-0.15, -0.1) is 0 Å². The Morgan fingerprint density at radius 1 is 1.19 bits per heavy atom. The molecule has 140 valence electrons. The van der Waals surface area contributed by atoms with Gasteiger partial charge in [0.1, 0.15) is 12.4 Å². The van der Waals surface area contributed by atoms with Crippen LogP contribution in [0.4, 0.5) is 0 Å². The van der Waals surface area contributed by atoms with E-state index in [9.17, 15) is 9.90 Å². The first kappa shape index (κ1) is 18.8. The number of rotatable bonds is 6. The fraction of sp³-hybridized carbons (Fsp3) is 0.238. The highest BCUT2D eigenvalue weighted by Gasteiger charge is 2.23. The molecule has 2 atom stereocenters. The highest BCUT2D eigenvalue weighted by atomic mass is 16.5. The Labute approximate surface area is 157 Å². The molecule has 0 aliphatic carbocycles. The van der Waals surface area contributed by atoms with Gasteiger partial charge >= 0.3 is 0 Å². The number of aromatic nitrogens is 1. The van der Waals surface area contributed by atoms with Crippen LogP contribution < -0.4 is 10.2 Å². The fourth-order valence-electron chi connectivity index (χ4n) is 2.97. The van der Waals surface area contributed by atoms with Gasteiger partial charge in [0.25, 0.3) is 0 Å². The molecule has 2 aromatic carbocycles. The lowest BCUT2D eigenvalue weighted by molar-refractivity contribution is -0.136. The standard InChI is InChI=1S/C21H22N2O4/c1-13-11-16(18-5-3-4-6-19(18)22-13)12-27-17-9-7-15(8-10-17)20(24)14(2)21(25)23-26/h3-11,14,20,24,26H,12H2,1-2H3,(H,23,25). The number of fused-ring (bicyclic) bond motifs is 1. The molecule has 0 radical (unpaired) electrons. The maximum absolute atomic E-state index is 11.4. The second kappa shape index (κ2) is 8.16. The van der Waals surface area contributed by atoms with Crippen LogP contribution in [0.3, 0.4) is 0 Å². The highest BCUT2D eigenvalue weighted by molar-refractivity contribution is 5.82. The Kier molecular flexibility index (Phi) is 5.69. The minimum atomic E-state index is -1.02. The molecule has 3 aromatic rings. The molecular formula is C21H22N2O4. The van der Waals surface area contributed by atoms with Crippen LogP contribution in [0.5, 0.6) is 5.75 Å². The first-order valence-corrected chi connectivity index (χ1v) is 8.69. The van der Waals surface area contributed by atoms with E-state index in [2.05, 4.69) is 4.98 Å². The molecule has 0 aliphatic heterocycles. The number of nitrogens with zero attached hydrogens (tertiary/aromatic N) is 1. The van der Waals surface area contributed by atoms with Crippen LogP contribution in [0.15, 0.2) is 54.6 Å². The van der Waals surface area contributed by atoms with Crippen LogP contribution in [-0.2, 0) is 11.4 Å². The summed E-state index contributed by atoms with van der Waals surface area (Å²) in [6, 6.07) is 16.9. The first-order valence-electron chi connectivity index (χ1n) is 8.69. The molecule has 0 saturated carbocycles. The summed E-state index contributed by atoms with van der Waals surface area (Å²) in [6.45, 7) is 3.89. The predicted molar refractivity (Wildman–Crippen MR) is 101 cm³/mol. The zero-order valence-electron chi connectivity index (χ0n) is 15.2. The lowest BCUT2D eigenvalue weighted by atomic mass is 9.97. The molecule has 1 amide bonds. The average Bonchev–Trinajstić information content (AvgIpc) is 2.70. The summed E-state index contributed by atoms with van der Waals surface area (Å²) in [5.74, 6) is -0.751. The third kappa shape index (κ3) is 4.24. The van der Waals surface area contributed by atoms with Gasteiger partial charge in [0, 0.05) is 16.6 Å². The van der Waals surface area contributed by atoms with Crippen molar-refractivity contribution in [3.05, 3.63) is 71.4 Å². The quantitative estimate of drug-likeness (QED) is 0.460. The van der Waals surface area contributed by atoms with Gasteiger partial charge in [0.15, 0.2) is 0 Å². The molecule has 0 saturated heterocycles. The molecule has 0 spiro atoms. The Morgan fingerprint density at radius 3 is 2.59 bits per heavy atom. The molecule has 3 N–H and O–H groups in total. The molecule has 0 fully saturated rings. The van der Waals surface area contributed by atoms with Crippen LogP contribution in [0.2, 0.25) is 0 Å². The van der Waals surface area contributed by atoms with E-state index in [4.69, 9.17) is 9.94 Å². The zero-order valence-corrected chi connectivity index (χ0v) is 15.2. The van der Waals surface area contributed by atoms with E-state index in [1.165, 1.54) is 6.92 Å². The number of amides is 1. The maximum atomic E-state index is 11.4. The molecule has 0 aliphatic rings. The van der Waals surface area contributed by atoms with Gasteiger partial charge in [0.05, 0.1) is 17.5 Å². The number of aliphatic hydroxyl groups is 1. The van der Waals surface area contributed by atoms with Crippen molar-refractivity contribution < 1.29 is 19.8 Å². The smallest absolute Gasteiger partial charge is 0.249 e. The SMILES string of the molecule is Cc1cc(COc2ccc(C(O)C(C)C(=O)NO)cc2)c2ccccc2n1. The Hall–Kier alpha value is -2.96. The number of aliphatic hydroxyl groups excluding tert-OH is 1. The summed E-state index contributed by atoms with van der Waals surface area (Å²) in [4.78, 5) is 16.0. The van der Waals surface area contributed by atoms with E-state index in [0.29, 0.717) is 17.9 Å². The topological polar surface area (TPSA) is 91.7 Å². The first-order chi connectivity index (χ1) is 13.0. The van der Waals surface area contributed by atoms with Crippen molar-refractivity contribution in [1.29, 1.82) is 0 Å². The number of hydroxylamine groups is 1. The van der Waals surface area contributed by atoms with Crippen LogP contribution in [-0.4, -0.2) is 21.2 Å². The summed E-state index contributed by atoms with van der Waals surface area (Å²) in [5.41, 5.74) is 5.05. The molecule has 2 unspecified atom stereocenters. The van der Waals surface area contributed by atoms with Gasteiger partial charge in [-0.05, 0) is 36.8 Å². The molecule has 6 nitrogen and oxygen atoms in total. The molecular weight excluding hydrogens is 344 g/mol. The van der Waals surface area contributed by atoms with Crippen LogP contribution in [0, 0.1) is 12.8 Å². The normalized spacial score (nSPS) is 13.2. The number of benzene rings is 2. The van der Waals surface area contributed by atoms with E-state index in [1.54, 1.807) is 29.7 Å². The minimum Gasteiger partial charge on any atom is -0.489 e. The molecule has 1 aromatic heterocycles. The Bertz CT molecular complexity index is 941. The van der Waals surface area contributed by atoms with Crippen LogP contribution in [0.1, 0.15) is 29.8 Å². The molecule has 1 heterocycles. The van der Waals surface area contributed by atoms with Crippen molar-refractivity contribution in [2.24, 2.45) is 5.92 Å². The van der Waals surface area contributed by atoms with E-state index in [0.717, 1.165) is 22.2 Å². The van der Waals surface area contributed by atoms with Crippen molar-refractivity contribution in [2.75, 3.05) is 0 Å². The van der Waals surface area contributed by atoms with Gasteiger partial charge in [0.2, 0.25) is 5.91 Å². The van der Waals surface area contributed by atoms with Gasteiger partial charge in [-0.25, -0.2) is 5.48 Å². The third-order valence-electron chi connectivity index (χ3n) is 4.54. The second-order valence-electron chi connectivity index (χ2n) is 6.51. The summed E-state index contributed by atoms with van der Waals surface area (Å²) in [6.07, 6.45) is -1.02. The lowest BCUT2D eigenvalue weighted by Gasteiger charge is -2.17. The number of carbonyl (C=O) groups is 1. The number of para-hydroxylation sites is 1. The molecule has 27 heavy (non-hydrogen) atoms. The maximum Gasteiger partial charge on any atom is 0.249 e. The van der Waals surface area contributed by atoms with Gasteiger partial charge in [-0.2, -0.15) is 0 Å². The van der Waals surface area contributed by atoms with Crippen molar-refractivity contribution in [3.8, 4) is 5.75 Å². The highest BCUT2D eigenvalue weighted by Crippen LogP contribution is 2.25. The van der Waals surface area contributed by atoms with Crippen LogP contribution >= 0.6 is 0 Å². The number of aryl methyl sites for hydroxylation is 1. The van der Waals surface area contributed by atoms with Gasteiger partial charge in [-0.3, -0.25) is 15.0 Å². The largest absolute Gasteiger partial charge is 0.489 e. The predicted octanol–water partition coefficient (Wildman–Crippen LogP) is 3.30. The van der Waals surface area contributed by atoms with Crippen molar-refractivity contribution in [3.63, 3.8) is 0 Å². The summed E-state index contributed by atoms with van der Waals surface area (Å²) >= 11 is 0. The lowest BCUT2D eigenvalue weighted by Crippen LogP contribution is -2.30. The number of ether oxygens (including phenoxy) is 1. The summed E-state index contributed by atoms with van der Waals surface area (Å²) in [7, 11) is 0. The van der Waals surface area contributed by atoms with Crippen molar-refractivity contribution in [2.45, 2.75) is 26.6 Å². The number of pyridine rings is 1. The van der Waals surface area contributed by atoms with Crippen molar-refractivity contribution >= 4 is 16.8 Å². The van der Waals surface area contributed by atoms with Gasteiger partial charge in [-0.1, -0.05) is 37.3 Å². The minimum absolute atomic E-state index is 0.398. The van der Waals surface area contributed by atoms with E-state index in [1.807, 2.05) is 37.3 Å². The molecule has 0 bridgehead atoms. The number of hydrogen-bond acceptors (Lipinski definition) is 5. The number of hydrogen-bond donors (Lipinski definition) is 3. The van der Waals surface area contributed by atoms with E-state index < -0.39 is 17.9 Å². The van der Waals surface area contributed by atoms with E-state index in [-0.39, 0.29) is 0 Å². The second-order valence-corrected chi connectivity index (χ2v) is 6.51. The summed E-state index contributed by atoms with van der Waals surface area (Å²) in [5, 5.41) is 20.0. The number of nitrogens with one attached hydrogen (secondary N) is 1. The van der Waals surface area contributed by atoms with E-state index >= 15 is 0 Å². The number of carbonyl (C=O) groups excluding carboxylic acids is 1. The molecule has 6 heteroatoms. The zero-order chi connectivity index (χ0) is 19.4.